The highest BCUT2D eigenvalue weighted by molar-refractivity contribution is 6.32. The molecular weight excluding hydrogens is 167 g/mol. The number of allylic oxidation sites excluding steroid dienone is 4. The Kier molecular flexibility index (Phi) is 2.82. The molecular formula is C8H10Cl2. The van der Waals surface area contributed by atoms with Crippen molar-refractivity contribution in [1.82, 2.24) is 0 Å². The first-order valence-electron chi connectivity index (χ1n) is 3.47. The van der Waals surface area contributed by atoms with Gasteiger partial charge in [0.15, 0.2) is 0 Å². The number of rotatable bonds is 1. The maximum absolute atomic E-state index is 5.92. The molecule has 0 heterocycles. The van der Waals surface area contributed by atoms with Crippen molar-refractivity contribution in [1.29, 1.82) is 0 Å². The van der Waals surface area contributed by atoms with E-state index in [4.69, 9.17) is 23.2 Å². The molecule has 1 rings (SSSR count). The molecule has 0 aromatic heterocycles. The molecule has 0 saturated carbocycles. The lowest BCUT2D eigenvalue weighted by atomic mass is 10.1. The molecule has 2 heteroatoms. The first kappa shape index (κ1) is 8.16. The predicted octanol–water partition coefficient (Wildman–Crippen LogP) is 3.81. The molecule has 56 valence electrons. The van der Waals surface area contributed by atoms with Crippen LogP contribution in [0.15, 0.2) is 21.7 Å². The Morgan fingerprint density at radius 2 is 2.10 bits per heavy atom. The zero-order chi connectivity index (χ0) is 7.56. The summed E-state index contributed by atoms with van der Waals surface area (Å²) in [6.45, 7) is 2.09. The van der Waals surface area contributed by atoms with Crippen LogP contribution >= 0.6 is 23.2 Å². The van der Waals surface area contributed by atoms with Crippen LogP contribution in [0.4, 0.5) is 0 Å². The van der Waals surface area contributed by atoms with Gasteiger partial charge in [-0.05, 0) is 30.9 Å². The maximum Gasteiger partial charge on any atom is 0.0216 e. The number of hydrogen-bond acceptors (Lipinski definition) is 0. The van der Waals surface area contributed by atoms with Crippen molar-refractivity contribution in [2.75, 3.05) is 0 Å². The van der Waals surface area contributed by atoms with Crippen molar-refractivity contribution in [3.05, 3.63) is 21.7 Å². The van der Waals surface area contributed by atoms with Gasteiger partial charge < -0.3 is 0 Å². The van der Waals surface area contributed by atoms with Crippen molar-refractivity contribution in [3.8, 4) is 0 Å². The van der Waals surface area contributed by atoms with E-state index >= 15 is 0 Å². The van der Waals surface area contributed by atoms with E-state index in [-0.39, 0.29) is 0 Å². The Hall–Kier alpha value is 0.0600. The molecule has 0 aromatic carbocycles. The summed E-state index contributed by atoms with van der Waals surface area (Å²) in [4.78, 5) is 0. The highest BCUT2D eigenvalue weighted by Gasteiger charge is 2.07. The van der Waals surface area contributed by atoms with E-state index in [9.17, 15) is 0 Å². The van der Waals surface area contributed by atoms with Gasteiger partial charge in [-0.1, -0.05) is 30.1 Å². The highest BCUT2D eigenvalue weighted by atomic mass is 35.5. The first-order valence-corrected chi connectivity index (χ1v) is 4.23. The first-order chi connectivity index (χ1) is 4.74. The summed E-state index contributed by atoms with van der Waals surface area (Å²) in [5.41, 5.74) is 1.19. The van der Waals surface area contributed by atoms with Gasteiger partial charge in [0.1, 0.15) is 0 Å². The van der Waals surface area contributed by atoms with E-state index in [2.05, 4.69) is 6.92 Å². The summed E-state index contributed by atoms with van der Waals surface area (Å²) in [5, 5.41) is 1.91. The lowest BCUT2D eigenvalue weighted by molar-refractivity contribution is 0.950. The van der Waals surface area contributed by atoms with Gasteiger partial charge >= 0.3 is 0 Å². The van der Waals surface area contributed by atoms with Crippen molar-refractivity contribution in [3.63, 3.8) is 0 Å². The van der Waals surface area contributed by atoms with Crippen LogP contribution in [0.5, 0.6) is 0 Å². The predicted molar refractivity (Wildman–Crippen MR) is 46.3 cm³/mol. The maximum atomic E-state index is 5.92. The summed E-state index contributed by atoms with van der Waals surface area (Å²) in [5.74, 6) is 0. The van der Waals surface area contributed by atoms with E-state index in [0.29, 0.717) is 0 Å². The topological polar surface area (TPSA) is 0 Å². The van der Waals surface area contributed by atoms with Crippen LogP contribution in [0.25, 0.3) is 0 Å². The fourth-order valence-electron chi connectivity index (χ4n) is 1.02. The number of halogens is 2. The lowest BCUT2D eigenvalue weighted by Gasteiger charge is -2.10. The van der Waals surface area contributed by atoms with Crippen molar-refractivity contribution >= 4 is 23.2 Å². The standard InChI is InChI=1S/C8H10Cl2/c1-2-6-5-7(9)3-4-8(6)10/h5H,2-4H2,1H3. The Labute approximate surface area is 71.5 Å². The molecule has 0 unspecified atom stereocenters. The smallest absolute Gasteiger partial charge is 0.0216 e. The molecule has 0 amide bonds. The van der Waals surface area contributed by atoms with E-state index in [0.717, 1.165) is 29.3 Å². The van der Waals surface area contributed by atoms with Gasteiger partial charge in [-0.25, -0.2) is 0 Å². The summed E-state index contributed by atoms with van der Waals surface area (Å²) < 4.78 is 0. The summed E-state index contributed by atoms with van der Waals surface area (Å²) in [7, 11) is 0. The normalized spacial score (nSPS) is 19.3. The number of hydrogen-bond donors (Lipinski definition) is 0. The van der Waals surface area contributed by atoms with Crippen molar-refractivity contribution in [2.45, 2.75) is 26.2 Å². The Bertz CT molecular complexity index is 189. The Morgan fingerprint density at radius 1 is 1.40 bits per heavy atom. The van der Waals surface area contributed by atoms with Crippen LogP contribution in [0.3, 0.4) is 0 Å². The van der Waals surface area contributed by atoms with E-state index < -0.39 is 0 Å². The van der Waals surface area contributed by atoms with Crippen LogP contribution in [0.1, 0.15) is 26.2 Å². The molecule has 0 N–H and O–H groups in total. The van der Waals surface area contributed by atoms with Gasteiger partial charge in [0.25, 0.3) is 0 Å². The molecule has 0 aliphatic heterocycles. The van der Waals surface area contributed by atoms with E-state index in [1.165, 1.54) is 5.57 Å². The molecule has 0 fully saturated rings. The van der Waals surface area contributed by atoms with Crippen molar-refractivity contribution in [2.24, 2.45) is 0 Å². The van der Waals surface area contributed by atoms with Gasteiger partial charge in [-0.3, -0.25) is 0 Å². The third-order valence-electron chi connectivity index (χ3n) is 1.64. The molecule has 10 heavy (non-hydrogen) atoms. The lowest BCUT2D eigenvalue weighted by Crippen LogP contribution is -1.90. The molecule has 0 atom stereocenters. The Morgan fingerprint density at radius 3 is 2.60 bits per heavy atom. The second-order valence-electron chi connectivity index (χ2n) is 2.37. The molecule has 0 spiro atoms. The zero-order valence-corrected chi connectivity index (χ0v) is 7.47. The van der Waals surface area contributed by atoms with Gasteiger partial charge in [-0.15, -0.1) is 0 Å². The molecule has 1 aliphatic carbocycles. The average molecular weight is 177 g/mol. The summed E-state index contributed by atoms with van der Waals surface area (Å²) >= 11 is 11.7. The largest absolute Gasteiger partial charge is 0.0891 e. The SMILES string of the molecule is CCC1=C(Cl)CCC(Cl)=C1. The average Bonchev–Trinajstić information content (AvgIpc) is 1.94. The minimum absolute atomic E-state index is 0.907. The van der Waals surface area contributed by atoms with E-state index in [1.54, 1.807) is 0 Å². The van der Waals surface area contributed by atoms with E-state index in [1.807, 2.05) is 6.08 Å². The van der Waals surface area contributed by atoms with Gasteiger partial charge in [0.05, 0.1) is 0 Å². The Balaban J connectivity index is 2.82. The van der Waals surface area contributed by atoms with Crippen LogP contribution < -0.4 is 0 Å². The van der Waals surface area contributed by atoms with Gasteiger partial charge in [0.2, 0.25) is 0 Å². The van der Waals surface area contributed by atoms with Crippen molar-refractivity contribution < 1.29 is 0 Å². The van der Waals surface area contributed by atoms with Crippen LogP contribution in [0.2, 0.25) is 0 Å². The molecule has 0 aromatic rings. The monoisotopic (exact) mass is 176 g/mol. The molecule has 0 saturated heterocycles. The molecule has 1 aliphatic rings. The molecule has 0 radical (unpaired) electrons. The fraction of sp³-hybridized carbons (Fsp3) is 0.500. The molecule has 0 bridgehead atoms. The third kappa shape index (κ3) is 1.77. The van der Waals surface area contributed by atoms with Crippen LogP contribution in [0, 0.1) is 0 Å². The quantitative estimate of drug-likeness (QED) is 0.571. The van der Waals surface area contributed by atoms with Crippen LogP contribution in [-0.2, 0) is 0 Å². The molecule has 0 nitrogen and oxygen atoms in total. The van der Waals surface area contributed by atoms with Gasteiger partial charge in [0, 0.05) is 10.1 Å². The summed E-state index contributed by atoms with van der Waals surface area (Å²) in [6.07, 6.45) is 4.78. The van der Waals surface area contributed by atoms with Crippen LogP contribution in [-0.4, -0.2) is 0 Å². The minimum atomic E-state index is 0.907. The highest BCUT2D eigenvalue weighted by Crippen LogP contribution is 2.29. The minimum Gasteiger partial charge on any atom is -0.0891 e. The summed E-state index contributed by atoms with van der Waals surface area (Å²) in [6, 6.07) is 0. The van der Waals surface area contributed by atoms with Gasteiger partial charge in [-0.2, -0.15) is 0 Å². The fourth-order valence-corrected chi connectivity index (χ4v) is 1.53. The zero-order valence-electron chi connectivity index (χ0n) is 5.95. The second-order valence-corrected chi connectivity index (χ2v) is 3.32. The second kappa shape index (κ2) is 3.45. The third-order valence-corrected chi connectivity index (χ3v) is 2.37.